The number of hydrogen-bond donors (Lipinski definition) is 3. The average Bonchev–Trinajstić information content (AvgIpc) is 2.84. The summed E-state index contributed by atoms with van der Waals surface area (Å²) in [4.78, 5) is 48.9. The van der Waals surface area contributed by atoms with Crippen molar-refractivity contribution >= 4 is 23.8 Å². The number of likely N-dealkylation sites (N-methyl/N-ethyl adjacent to an activating group) is 2. The molecule has 0 radical (unpaired) electrons. The summed E-state index contributed by atoms with van der Waals surface area (Å²) in [6.45, 7) is 15.2. The Balaban J connectivity index is 0.00000201. The van der Waals surface area contributed by atoms with E-state index in [4.69, 9.17) is 9.90 Å². The van der Waals surface area contributed by atoms with Gasteiger partial charge in [-0.3, -0.25) is 9.59 Å². The Morgan fingerprint density at radius 2 is 1.49 bits per heavy atom. The number of halogens is 3. The molecular weight excluding hydrogens is 543 g/mol. The smallest absolute Gasteiger partial charge is 0.430 e. The highest BCUT2D eigenvalue weighted by atomic mass is 19.4. The highest BCUT2D eigenvalue weighted by Gasteiger charge is 2.43. The molecule has 1 rings (SSSR count). The minimum absolute atomic E-state index is 0.00620. The molecule has 0 spiro atoms. The summed E-state index contributed by atoms with van der Waals surface area (Å²) in [6, 6.07) is 8.22. The largest absolute Gasteiger partial charge is 0.542 e. The standard InChI is InChI=1S/C27H43N3O4.C2HF3O2/c1-17(2)20(16-18(3)25(33)34)30(10)24(32)22(26(4,5)6)29-23(31)21(28-9)27(7,8)19-14-12-11-13-15-19;3-2(4,5)1(6)7/h11-17,20-22,28H,1-10H3,(H,29,31)(H,33,34);(H,6,7)/b18-16+;/t20?,21-,22?;/m1./s1. The molecule has 0 fully saturated rings. The molecule has 0 saturated heterocycles. The first-order valence-corrected chi connectivity index (χ1v) is 13.1. The normalized spacial score (nSPS) is 14.7. The van der Waals surface area contributed by atoms with Crippen molar-refractivity contribution in [1.82, 2.24) is 10.2 Å². The Hall–Kier alpha value is -3.41. The number of alkyl halides is 3. The van der Waals surface area contributed by atoms with E-state index in [1.165, 1.54) is 6.92 Å². The lowest BCUT2D eigenvalue weighted by molar-refractivity contribution is -0.658. The maximum atomic E-state index is 13.7. The molecule has 0 aliphatic rings. The molecule has 1 aromatic rings. The van der Waals surface area contributed by atoms with Crippen LogP contribution < -0.4 is 15.7 Å². The Bertz CT molecular complexity index is 1080. The number of nitrogens with two attached hydrogens (primary N) is 1. The second kappa shape index (κ2) is 15.0. The highest BCUT2D eigenvalue weighted by molar-refractivity contribution is 5.91. The highest BCUT2D eigenvalue weighted by Crippen LogP contribution is 2.27. The van der Waals surface area contributed by atoms with Crippen LogP contribution in [0.15, 0.2) is 42.0 Å². The van der Waals surface area contributed by atoms with E-state index in [9.17, 15) is 32.7 Å². The van der Waals surface area contributed by atoms with E-state index in [0.29, 0.717) is 0 Å². The van der Waals surface area contributed by atoms with Gasteiger partial charge in [0.1, 0.15) is 12.0 Å². The minimum atomic E-state index is -5.19. The summed E-state index contributed by atoms with van der Waals surface area (Å²) in [5.74, 6) is -4.49. The van der Waals surface area contributed by atoms with E-state index in [-0.39, 0.29) is 23.3 Å². The van der Waals surface area contributed by atoms with Gasteiger partial charge in [0.25, 0.3) is 5.91 Å². The second-order valence-electron chi connectivity index (χ2n) is 11.8. The number of carbonyl (C=O) groups is 4. The number of carboxylic acid groups (broad SMARTS) is 2. The number of hydrogen-bond acceptors (Lipinski definition) is 5. The molecule has 0 aliphatic heterocycles. The van der Waals surface area contributed by atoms with Crippen LogP contribution in [0.3, 0.4) is 0 Å². The summed E-state index contributed by atoms with van der Waals surface area (Å²) in [6.07, 6.45) is -3.59. The van der Waals surface area contributed by atoms with Gasteiger partial charge in [-0.2, -0.15) is 13.2 Å². The quantitative estimate of drug-likeness (QED) is 0.357. The van der Waals surface area contributed by atoms with Crippen LogP contribution in [0, 0.1) is 11.3 Å². The molecule has 9 nitrogen and oxygen atoms in total. The lowest BCUT2D eigenvalue weighted by Gasteiger charge is -2.39. The van der Waals surface area contributed by atoms with Crippen molar-refractivity contribution < 1.29 is 47.9 Å². The summed E-state index contributed by atoms with van der Waals surface area (Å²) >= 11 is 0. The SMILES string of the molecule is C[NH2+][C@H](C(=O)NC(C(=O)N(C)C(/C=C(\C)C(=O)O)C(C)C)C(C)(C)C)C(C)(C)c1ccccc1.O=C([O-])C(F)(F)F. The molecular formula is C29H44F3N3O6. The molecule has 41 heavy (non-hydrogen) atoms. The van der Waals surface area contributed by atoms with Crippen LogP contribution in [-0.4, -0.2) is 72.2 Å². The number of nitrogens with zero attached hydrogens (tertiary/aromatic N) is 1. The molecule has 0 aliphatic carbocycles. The molecule has 0 bridgehead atoms. The third-order valence-electron chi connectivity index (χ3n) is 6.78. The molecule has 1 aromatic carbocycles. The summed E-state index contributed by atoms with van der Waals surface area (Å²) in [7, 11) is 3.53. The first-order chi connectivity index (χ1) is 18.5. The number of quaternary nitrogens is 1. The molecule has 12 heteroatoms. The van der Waals surface area contributed by atoms with E-state index >= 15 is 0 Å². The molecule has 0 heterocycles. The topological polar surface area (TPSA) is 143 Å². The molecule has 2 amide bonds. The van der Waals surface area contributed by atoms with Crippen LogP contribution in [0.2, 0.25) is 0 Å². The number of benzene rings is 1. The predicted molar refractivity (Wildman–Crippen MR) is 146 cm³/mol. The maximum absolute atomic E-state index is 13.7. The van der Waals surface area contributed by atoms with Gasteiger partial charge < -0.3 is 30.5 Å². The Morgan fingerprint density at radius 3 is 1.83 bits per heavy atom. The Labute approximate surface area is 240 Å². The van der Waals surface area contributed by atoms with Gasteiger partial charge in [0.2, 0.25) is 5.91 Å². The third kappa shape index (κ3) is 11.2. The Morgan fingerprint density at radius 1 is 1.02 bits per heavy atom. The second-order valence-corrected chi connectivity index (χ2v) is 11.8. The van der Waals surface area contributed by atoms with Crippen molar-refractivity contribution in [2.24, 2.45) is 11.3 Å². The molecule has 0 aromatic heterocycles. The van der Waals surface area contributed by atoms with Gasteiger partial charge in [0, 0.05) is 12.6 Å². The van der Waals surface area contributed by atoms with Crippen LogP contribution in [-0.2, 0) is 24.6 Å². The zero-order valence-corrected chi connectivity index (χ0v) is 25.4. The lowest BCUT2D eigenvalue weighted by atomic mass is 9.76. The van der Waals surface area contributed by atoms with E-state index in [1.807, 2.05) is 91.2 Å². The van der Waals surface area contributed by atoms with Crippen molar-refractivity contribution in [1.29, 1.82) is 0 Å². The number of nitrogens with one attached hydrogen (secondary N) is 1. The van der Waals surface area contributed by atoms with Crippen molar-refractivity contribution in [3.63, 3.8) is 0 Å². The maximum Gasteiger partial charge on any atom is 0.430 e. The first kappa shape index (κ1) is 37.6. The Kier molecular flexibility index (Phi) is 13.8. The van der Waals surface area contributed by atoms with E-state index < -0.39 is 47.1 Å². The number of aliphatic carboxylic acids is 2. The van der Waals surface area contributed by atoms with Crippen molar-refractivity contribution in [2.75, 3.05) is 14.1 Å². The fourth-order valence-corrected chi connectivity index (χ4v) is 4.25. The number of carboxylic acids is 2. The lowest BCUT2D eigenvalue weighted by Crippen LogP contribution is -2.93. The van der Waals surface area contributed by atoms with Crippen LogP contribution in [0.1, 0.15) is 61.0 Å². The number of amides is 2. The zero-order valence-electron chi connectivity index (χ0n) is 25.4. The van der Waals surface area contributed by atoms with Gasteiger partial charge in [-0.25, -0.2) is 4.79 Å². The summed E-state index contributed by atoms with van der Waals surface area (Å²) in [5, 5.41) is 23.0. The monoisotopic (exact) mass is 587 g/mol. The molecule has 0 saturated carbocycles. The van der Waals surface area contributed by atoms with Gasteiger partial charge in [-0.05, 0) is 37.7 Å². The number of carbonyl (C=O) groups excluding carboxylic acids is 3. The fraction of sp³-hybridized carbons (Fsp3) is 0.586. The van der Waals surface area contributed by atoms with Crippen LogP contribution in [0.25, 0.3) is 0 Å². The van der Waals surface area contributed by atoms with E-state index in [1.54, 1.807) is 18.0 Å². The summed E-state index contributed by atoms with van der Waals surface area (Å²) in [5.41, 5.74) is 0.195. The van der Waals surface area contributed by atoms with Gasteiger partial charge in [-0.15, -0.1) is 0 Å². The molecule has 232 valence electrons. The molecule has 4 N–H and O–H groups in total. The van der Waals surface area contributed by atoms with Crippen LogP contribution in [0.4, 0.5) is 13.2 Å². The van der Waals surface area contributed by atoms with Gasteiger partial charge in [0.05, 0.1) is 18.5 Å². The van der Waals surface area contributed by atoms with E-state index in [0.717, 1.165) is 5.56 Å². The molecule has 3 atom stereocenters. The van der Waals surface area contributed by atoms with Crippen molar-refractivity contribution in [2.45, 2.75) is 85.1 Å². The molecule has 2 unspecified atom stereocenters. The van der Waals surface area contributed by atoms with Gasteiger partial charge >= 0.3 is 12.1 Å². The minimum Gasteiger partial charge on any atom is -0.542 e. The summed E-state index contributed by atoms with van der Waals surface area (Å²) < 4.78 is 31.5. The number of rotatable bonds is 10. The zero-order chi connectivity index (χ0) is 32.5. The van der Waals surface area contributed by atoms with Crippen LogP contribution >= 0.6 is 0 Å². The van der Waals surface area contributed by atoms with E-state index in [2.05, 4.69) is 5.32 Å². The van der Waals surface area contributed by atoms with Crippen molar-refractivity contribution in [3.8, 4) is 0 Å². The first-order valence-electron chi connectivity index (χ1n) is 13.1. The van der Waals surface area contributed by atoms with Crippen LogP contribution in [0.5, 0.6) is 0 Å². The fourth-order valence-electron chi connectivity index (χ4n) is 4.25. The third-order valence-corrected chi connectivity index (χ3v) is 6.78. The predicted octanol–water partition coefficient (Wildman–Crippen LogP) is 1.87. The average molecular weight is 588 g/mol. The van der Waals surface area contributed by atoms with Crippen molar-refractivity contribution in [3.05, 3.63) is 47.5 Å². The van der Waals surface area contributed by atoms with Gasteiger partial charge in [0.15, 0.2) is 6.04 Å². The van der Waals surface area contributed by atoms with Gasteiger partial charge in [-0.1, -0.05) is 71.0 Å².